The number of hydrogen-bond donors (Lipinski definition) is 1. The Bertz CT molecular complexity index is 445. The minimum Gasteiger partial charge on any atom is -0.465 e. The van der Waals surface area contributed by atoms with Crippen molar-refractivity contribution in [3.05, 3.63) is 21.4 Å². The molecule has 106 valence electrons. The van der Waals surface area contributed by atoms with Gasteiger partial charge in [0.15, 0.2) is 0 Å². The zero-order valence-electron chi connectivity index (χ0n) is 11.9. The number of piperazine rings is 1. The summed E-state index contributed by atoms with van der Waals surface area (Å²) in [4.78, 5) is 16.9. The van der Waals surface area contributed by atoms with E-state index in [1.807, 2.05) is 18.3 Å². The lowest BCUT2D eigenvalue weighted by Gasteiger charge is -2.34. The Balaban J connectivity index is 2.07. The van der Waals surface area contributed by atoms with Crippen LogP contribution in [0.2, 0.25) is 0 Å². The van der Waals surface area contributed by atoms with Crippen LogP contribution >= 0.6 is 11.3 Å². The predicted octanol–water partition coefficient (Wildman–Crippen LogP) is 1.70. The van der Waals surface area contributed by atoms with Gasteiger partial charge in [-0.05, 0) is 32.4 Å². The van der Waals surface area contributed by atoms with Crippen molar-refractivity contribution >= 4 is 17.3 Å². The van der Waals surface area contributed by atoms with Gasteiger partial charge in [-0.3, -0.25) is 9.69 Å². The van der Waals surface area contributed by atoms with E-state index in [9.17, 15) is 4.79 Å². The zero-order valence-corrected chi connectivity index (χ0v) is 12.7. The summed E-state index contributed by atoms with van der Waals surface area (Å²) in [6.07, 6.45) is 0. The quantitative estimate of drug-likeness (QED) is 0.854. The molecule has 1 N–H and O–H groups in total. The maximum atomic E-state index is 12.0. The first-order chi connectivity index (χ1) is 9.11. The Morgan fingerprint density at radius 2 is 2.37 bits per heavy atom. The molecular weight excluding hydrogens is 260 g/mol. The van der Waals surface area contributed by atoms with Crippen LogP contribution in [0.25, 0.3) is 0 Å². The van der Waals surface area contributed by atoms with Crippen molar-refractivity contribution in [1.82, 2.24) is 10.2 Å². The van der Waals surface area contributed by atoms with Crippen molar-refractivity contribution in [2.75, 3.05) is 26.2 Å². The van der Waals surface area contributed by atoms with Gasteiger partial charge in [0, 0.05) is 35.9 Å². The third-order valence-corrected chi connectivity index (χ3v) is 4.44. The molecule has 1 aromatic rings. The van der Waals surface area contributed by atoms with E-state index in [0.717, 1.165) is 19.6 Å². The van der Waals surface area contributed by atoms with Gasteiger partial charge in [0.2, 0.25) is 0 Å². The fraction of sp³-hybridized carbons (Fsp3) is 0.643. The SMILES string of the molecule is CCOC(=O)C1CNCCN1Cc1cc(C)sc1C. The van der Waals surface area contributed by atoms with Crippen LogP contribution in [-0.4, -0.2) is 43.2 Å². The van der Waals surface area contributed by atoms with Crippen LogP contribution < -0.4 is 5.32 Å². The third-order valence-electron chi connectivity index (χ3n) is 3.43. The molecule has 0 amide bonds. The second kappa shape index (κ2) is 6.50. The molecule has 0 bridgehead atoms. The van der Waals surface area contributed by atoms with E-state index in [4.69, 9.17) is 4.74 Å². The number of thiophene rings is 1. The standard InChI is InChI=1S/C14H22N2O2S/c1-4-18-14(17)13-8-15-5-6-16(13)9-12-7-10(2)19-11(12)3/h7,13,15H,4-6,8-9H2,1-3H3. The first-order valence-corrected chi connectivity index (χ1v) is 7.60. The topological polar surface area (TPSA) is 41.6 Å². The van der Waals surface area contributed by atoms with E-state index in [1.165, 1.54) is 15.3 Å². The first kappa shape index (κ1) is 14.5. The Morgan fingerprint density at radius 3 is 3.00 bits per heavy atom. The van der Waals surface area contributed by atoms with Crippen LogP contribution in [0, 0.1) is 13.8 Å². The summed E-state index contributed by atoms with van der Waals surface area (Å²) < 4.78 is 5.17. The Labute approximate surface area is 118 Å². The number of esters is 1. The van der Waals surface area contributed by atoms with E-state index in [2.05, 4.69) is 30.1 Å². The average molecular weight is 282 g/mol. The van der Waals surface area contributed by atoms with E-state index in [-0.39, 0.29) is 12.0 Å². The summed E-state index contributed by atoms with van der Waals surface area (Å²) in [6.45, 7) is 9.90. The van der Waals surface area contributed by atoms with Gasteiger partial charge in [0.1, 0.15) is 6.04 Å². The zero-order chi connectivity index (χ0) is 13.8. The van der Waals surface area contributed by atoms with Gasteiger partial charge in [-0.25, -0.2) is 0 Å². The van der Waals surface area contributed by atoms with Crippen LogP contribution in [0.5, 0.6) is 0 Å². The van der Waals surface area contributed by atoms with Crippen molar-refractivity contribution in [3.63, 3.8) is 0 Å². The van der Waals surface area contributed by atoms with E-state index < -0.39 is 0 Å². The van der Waals surface area contributed by atoms with Gasteiger partial charge in [-0.15, -0.1) is 11.3 Å². The molecule has 1 aliphatic heterocycles. The van der Waals surface area contributed by atoms with Crippen LogP contribution in [0.3, 0.4) is 0 Å². The van der Waals surface area contributed by atoms with E-state index >= 15 is 0 Å². The van der Waals surface area contributed by atoms with Crippen LogP contribution in [-0.2, 0) is 16.1 Å². The lowest BCUT2D eigenvalue weighted by molar-refractivity contribution is -0.150. The molecule has 1 atom stereocenters. The number of aryl methyl sites for hydroxylation is 2. The third kappa shape index (κ3) is 3.55. The highest BCUT2D eigenvalue weighted by Gasteiger charge is 2.30. The highest BCUT2D eigenvalue weighted by Crippen LogP contribution is 2.23. The highest BCUT2D eigenvalue weighted by molar-refractivity contribution is 7.12. The molecule has 2 rings (SSSR count). The normalized spacial score (nSPS) is 20.5. The van der Waals surface area contributed by atoms with Gasteiger partial charge in [0.05, 0.1) is 6.61 Å². The molecule has 1 fully saturated rings. The molecule has 0 aromatic carbocycles. The summed E-state index contributed by atoms with van der Waals surface area (Å²) in [5, 5.41) is 3.27. The average Bonchev–Trinajstić information content (AvgIpc) is 2.69. The number of rotatable bonds is 4. The molecule has 19 heavy (non-hydrogen) atoms. The van der Waals surface area contributed by atoms with E-state index in [1.54, 1.807) is 0 Å². The molecule has 1 aliphatic rings. The molecule has 2 heterocycles. The van der Waals surface area contributed by atoms with Gasteiger partial charge in [0.25, 0.3) is 0 Å². The number of nitrogens with zero attached hydrogens (tertiary/aromatic N) is 1. The Kier molecular flexibility index (Phi) is 4.96. The van der Waals surface area contributed by atoms with E-state index in [0.29, 0.717) is 13.2 Å². The second-order valence-corrected chi connectivity index (χ2v) is 6.34. The summed E-state index contributed by atoms with van der Waals surface area (Å²) >= 11 is 1.82. The second-order valence-electron chi connectivity index (χ2n) is 4.88. The summed E-state index contributed by atoms with van der Waals surface area (Å²) in [6, 6.07) is 2.07. The summed E-state index contributed by atoms with van der Waals surface area (Å²) in [7, 11) is 0. The maximum Gasteiger partial charge on any atom is 0.324 e. The summed E-state index contributed by atoms with van der Waals surface area (Å²) in [5.41, 5.74) is 1.33. The fourth-order valence-electron chi connectivity index (χ4n) is 2.47. The van der Waals surface area contributed by atoms with Crippen molar-refractivity contribution in [2.24, 2.45) is 0 Å². The number of carbonyl (C=O) groups is 1. The molecule has 1 aromatic heterocycles. The number of nitrogens with one attached hydrogen (secondary N) is 1. The Hall–Kier alpha value is -0.910. The van der Waals surface area contributed by atoms with Gasteiger partial charge in [-0.1, -0.05) is 0 Å². The van der Waals surface area contributed by atoms with Crippen LogP contribution in [0.4, 0.5) is 0 Å². The van der Waals surface area contributed by atoms with Crippen LogP contribution in [0.1, 0.15) is 22.2 Å². The van der Waals surface area contributed by atoms with Crippen molar-refractivity contribution in [3.8, 4) is 0 Å². The molecule has 0 saturated carbocycles. The summed E-state index contributed by atoms with van der Waals surface area (Å²) in [5.74, 6) is -0.112. The molecule has 1 unspecified atom stereocenters. The molecule has 0 radical (unpaired) electrons. The molecule has 1 saturated heterocycles. The number of carbonyl (C=O) groups excluding carboxylic acids is 1. The first-order valence-electron chi connectivity index (χ1n) is 6.79. The van der Waals surface area contributed by atoms with Crippen molar-refractivity contribution in [1.29, 1.82) is 0 Å². The van der Waals surface area contributed by atoms with Gasteiger partial charge < -0.3 is 10.1 Å². The molecule has 0 spiro atoms. The maximum absolute atomic E-state index is 12.0. The smallest absolute Gasteiger partial charge is 0.324 e. The van der Waals surface area contributed by atoms with Crippen molar-refractivity contribution < 1.29 is 9.53 Å². The van der Waals surface area contributed by atoms with Gasteiger partial charge in [-0.2, -0.15) is 0 Å². The molecular formula is C14H22N2O2S. The van der Waals surface area contributed by atoms with Crippen molar-refractivity contribution in [2.45, 2.75) is 33.4 Å². The monoisotopic (exact) mass is 282 g/mol. The molecule has 5 heteroatoms. The van der Waals surface area contributed by atoms with Gasteiger partial charge >= 0.3 is 5.97 Å². The van der Waals surface area contributed by atoms with Crippen LogP contribution in [0.15, 0.2) is 6.07 Å². The molecule has 4 nitrogen and oxygen atoms in total. The highest BCUT2D eigenvalue weighted by atomic mass is 32.1. The minimum atomic E-state index is -0.159. The Morgan fingerprint density at radius 1 is 1.58 bits per heavy atom. The molecule has 0 aliphatic carbocycles. The largest absolute Gasteiger partial charge is 0.465 e. The number of hydrogen-bond acceptors (Lipinski definition) is 5. The lowest BCUT2D eigenvalue weighted by atomic mass is 10.1. The fourth-order valence-corrected chi connectivity index (χ4v) is 3.40. The predicted molar refractivity (Wildman–Crippen MR) is 77.5 cm³/mol. The number of ether oxygens (including phenoxy) is 1. The lowest BCUT2D eigenvalue weighted by Crippen LogP contribution is -2.54. The minimum absolute atomic E-state index is 0.112.